The van der Waals surface area contributed by atoms with Gasteiger partial charge in [-0.1, -0.05) is 13.8 Å². The highest BCUT2D eigenvalue weighted by molar-refractivity contribution is 5.78. The molecule has 1 N–H and O–H groups in total. The highest BCUT2D eigenvalue weighted by Crippen LogP contribution is 1.93. The van der Waals surface area contributed by atoms with Crippen LogP contribution in [0.1, 0.15) is 20.8 Å². The maximum absolute atomic E-state index is 11.3. The SMILES string of the molecule is CC(C)CNC(=O)CN(C)C(C)C#N. The lowest BCUT2D eigenvalue weighted by atomic mass is 10.2. The summed E-state index contributed by atoms with van der Waals surface area (Å²) in [4.78, 5) is 13.0. The molecule has 0 aliphatic heterocycles. The van der Waals surface area contributed by atoms with E-state index < -0.39 is 0 Å². The van der Waals surface area contributed by atoms with E-state index in [1.165, 1.54) is 0 Å². The van der Waals surface area contributed by atoms with E-state index in [4.69, 9.17) is 5.26 Å². The van der Waals surface area contributed by atoms with E-state index in [-0.39, 0.29) is 18.5 Å². The van der Waals surface area contributed by atoms with Crippen molar-refractivity contribution in [1.29, 1.82) is 5.26 Å². The van der Waals surface area contributed by atoms with Crippen molar-refractivity contribution in [1.82, 2.24) is 10.2 Å². The summed E-state index contributed by atoms with van der Waals surface area (Å²) in [7, 11) is 1.77. The Bertz CT molecular complexity index is 220. The van der Waals surface area contributed by atoms with Gasteiger partial charge in [0.05, 0.1) is 18.7 Å². The first-order valence-electron chi connectivity index (χ1n) is 4.84. The van der Waals surface area contributed by atoms with Gasteiger partial charge in [-0.2, -0.15) is 5.26 Å². The summed E-state index contributed by atoms with van der Waals surface area (Å²) >= 11 is 0. The second-order valence-corrected chi connectivity index (χ2v) is 3.92. The van der Waals surface area contributed by atoms with E-state index in [2.05, 4.69) is 11.4 Å². The highest BCUT2D eigenvalue weighted by atomic mass is 16.2. The maximum Gasteiger partial charge on any atom is 0.234 e. The molecule has 0 aliphatic carbocycles. The van der Waals surface area contributed by atoms with Crippen LogP contribution in [0.4, 0.5) is 0 Å². The zero-order valence-electron chi connectivity index (χ0n) is 9.37. The fraction of sp³-hybridized carbons (Fsp3) is 0.800. The molecule has 0 fully saturated rings. The summed E-state index contributed by atoms with van der Waals surface area (Å²) in [5.74, 6) is 0.431. The van der Waals surface area contributed by atoms with Crippen LogP contribution >= 0.6 is 0 Å². The standard InChI is InChI=1S/C10H19N3O/c1-8(2)6-12-10(14)7-13(4)9(3)5-11/h8-9H,6-7H2,1-4H3,(H,12,14). The van der Waals surface area contributed by atoms with Gasteiger partial charge in [-0.3, -0.25) is 9.69 Å². The molecule has 0 aromatic carbocycles. The van der Waals surface area contributed by atoms with Crippen LogP contribution in [0.5, 0.6) is 0 Å². The molecule has 0 aromatic heterocycles. The molecule has 1 unspecified atom stereocenters. The summed E-state index contributed by atoms with van der Waals surface area (Å²) in [5, 5.41) is 11.4. The van der Waals surface area contributed by atoms with Crippen molar-refractivity contribution in [3.63, 3.8) is 0 Å². The molecule has 0 saturated heterocycles. The Morgan fingerprint density at radius 1 is 1.50 bits per heavy atom. The third kappa shape index (κ3) is 5.55. The van der Waals surface area contributed by atoms with Crippen LogP contribution in [0.3, 0.4) is 0 Å². The van der Waals surface area contributed by atoms with Crippen LogP contribution < -0.4 is 5.32 Å². The van der Waals surface area contributed by atoms with Crippen molar-refractivity contribution >= 4 is 5.91 Å². The molecule has 0 radical (unpaired) electrons. The van der Waals surface area contributed by atoms with E-state index in [9.17, 15) is 4.79 Å². The molecule has 14 heavy (non-hydrogen) atoms. The fourth-order valence-corrected chi connectivity index (χ4v) is 0.836. The number of amides is 1. The Labute approximate surface area is 85.9 Å². The Hall–Kier alpha value is -1.08. The average Bonchev–Trinajstić information content (AvgIpc) is 2.13. The third-order valence-corrected chi connectivity index (χ3v) is 1.95. The number of carbonyl (C=O) groups excluding carboxylic acids is 1. The van der Waals surface area contributed by atoms with Crippen LogP contribution in [-0.2, 0) is 4.79 Å². The number of nitrogens with one attached hydrogen (secondary N) is 1. The molecule has 4 heteroatoms. The number of rotatable bonds is 5. The van der Waals surface area contributed by atoms with Gasteiger partial charge >= 0.3 is 0 Å². The topological polar surface area (TPSA) is 56.1 Å². The number of nitrogens with zero attached hydrogens (tertiary/aromatic N) is 2. The van der Waals surface area contributed by atoms with Crippen molar-refractivity contribution in [2.75, 3.05) is 20.1 Å². The number of nitriles is 1. The normalized spacial score (nSPS) is 12.6. The summed E-state index contributed by atoms with van der Waals surface area (Å²) in [6, 6.07) is 1.86. The molecule has 4 nitrogen and oxygen atoms in total. The van der Waals surface area contributed by atoms with Gasteiger partial charge < -0.3 is 5.32 Å². The quantitative estimate of drug-likeness (QED) is 0.702. The second-order valence-electron chi connectivity index (χ2n) is 3.92. The lowest BCUT2D eigenvalue weighted by Gasteiger charge is -2.18. The number of hydrogen-bond acceptors (Lipinski definition) is 3. The van der Waals surface area contributed by atoms with Crippen LogP contribution in [-0.4, -0.2) is 37.0 Å². The minimum Gasteiger partial charge on any atom is -0.355 e. The van der Waals surface area contributed by atoms with Gasteiger partial charge in [0.1, 0.15) is 0 Å². The zero-order chi connectivity index (χ0) is 11.1. The van der Waals surface area contributed by atoms with Gasteiger partial charge in [-0.25, -0.2) is 0 Å². The van der Waals surface area contributed by atoms with Gasteiger partial charge in [-0.15, -0.1) is 0 Å². The highest BCUT2D eigenvalue weighted by Gasteiger charge is 2.11. The van der Waals surface area contributed by atoms with Crippen molar-refractivity contribution in [2.24, 2.45) is 5.92 Å². The molecular formula is C10H19N3O. The first-order valence-corrected chi connectivity index (χ1v) is 4.84. The molecule has 80 valence electrons. The van der Waals surface area contributed by atoms with Gasteiger partial charge in [-0.05, 0) is 19.9 Å². The molecule has 0 rings (SSSR count). The molecule has 1 atom stereocenters. The Morgan fingerprint density at radius 2 is 2.07 bits per heavy atom. The van der Waals surface area contributed by atoms with Crippen LogP contribution in [0.15, 0.2) is 0 Å². The summed E-state index contributed by atoms with van der Waals surface area (Å²) < 4.78 is 0. The predicted molar refractivity (Wildman–Crippen MR) is 55.6 cm³/mol. The number of hydrogen-bond donors (Lipinski definition) is 1. The van der Waals surface area contributed by atoms with Crippen LogP contribution in [0, 0.1) is 17.2 Å². The Balaban J connectivity index is 3.78. The van der Waals surface area contributed by atoms with Gasteiger partial charge in [0, 0.05) is 6.54 Å². The molecule has 0 saturated carbocycles. The number of likely N-dealkylation sites (N-methyl/N-ethyl adjacent to an activating group) is 1. The predicted octanol–water partition coefficient (Wildman–Crippen LogP) is 0.602. The van der Waals surface area contributed by atoms with Crippen molar-refractivity contribution in [2.45, 2.75) is 26.8 Å². The maximum atomic E-state index is 11.3. The lowest BCUT2D eigenvalue weighted by Crippen LogP contribution is -2.40. The fourth-order valence-electron chi connectivity index (χ4n) is 0.836. The van der Waals surface area contributed by atoms with Crippen molar-refractivity contribution in [3.05, 3.63) is 0 Å². The van der Waals surface area contributed by atoms with Gasteiger partial charge in [0.15, 0.2) is 0 Å². The Kier molecular flexibility index (Phi) is 5.89. The number of carbonyl (C=O) groups is 1. The van der Waals surface area contributed by atoms with Crippen molar-refractivity contribution < 1.29 is 4.79 Å². The van der Waals surface area contributed by atoms with Crippen molar-refractivity contribution in [3.8, 4) is 6.07 Å². The lowest BCUT2D eigenvalue weighted by molar-refractivity contribution is -0.122. The minimum absolute atomic E-state index is 0.0247. The smallest absolute Gasteiger partial charge is 0.234 e. The largest absolute Gasteiger partial charge is 0.355 e. The first-order chi connectivity index (χ1) is 6.47. The third-order valence-electron chi connectivity index (χ3n) is 1.95. The van der Waals surface area contributed by atoms with Gasteiger partial charge in [0.25, 0.3) is 0 Å². The molecule has 0 spiro atoms. The minimum atomic E-state index is -0.222. The monoisotopic (exact) mass is 197 g/mol. The zero-order valence-corrected chi connectivity index (χ0v) is 9.37. The molecule has 1 amide bonds. The Morgan fingerprint density at radius 3 is 2.50 bits per heavy atom. The van der Waals surface area contributed by atoms with Gasteiger partial charge in [0.2, 0.25) is 5.91 Å². The average molecular weight is 197 g/mol. The van der Waals surface area contributed by atoms with E-state index in [0.29, 0.717) is 12.5 Å². The van der Waals surface area contributed by atoms with Crippen LogP contribution in [0.25, 0.3) is 0 Å². The van der Waals surface area contributed by atoms with E-state index in [0.717, 1.165) is 0 Å². The molecule has 0 aromatic rings. The van der Waals surface area contributed by atoms with E-state index >= 15 is 0 Å². The molecule has 0 aliphatic rings. The molecule has 0 bridgehead atoms. The first kappa shape index (κ1) is 12.9. The van der Waals surface area contributed by atoms with Crippen LogP contribution in [0.2, 0.25) is 0 Å². The molecule has 0 heterocycles. The molecular weight excluding hydrogens is 178 g/mol. The summed E-state index contributed by atoms with van der Waals surface area (Å²) in [6.45, 7) is 6.83. The second kappa shape index (κ2) is 6.39. The summed E-state index contributed by atoms with van der Waals surface area (Å²) in [5.41, 5.74) is 0. The van der Waals surface area contributed by atoms with E-state index in [1.54, 1.807) is 18.9 Å². The summed E-state index contributed by atoms with van der Waals surface area (Å²) in [6.07, 6.45) is 0. The van der Waals surface area contributed by atoms with E-state index in [1.807, 2.05) is 13.8 Å².